The van der Waals surface area contributed by atoms with Gasteiger partial charge in [0, 0.05) is 36.2 Å². The first kappa shape index (κ1) is 15.5. The van der Waals surface area contributed by atoms with E-state index in [0.717, 1.165) is 36.1 Å². The molecule has 2 aliphatic heterocycles. The van der Waals surface area contributed by atoms with Gasteiger partial charge in [0.25, 0.3) is 0 Å². The van der Waals surface area contributed by atoms with Crippen LogP contribution in [0.3, 0.4) is 0 Å². The second-order valence-corrected chi connectivity index (χ2v) is 7.04. The molecule has 5 heteroatoms. The van der Waals surface area contributed by atoms with Crippen molar-refractivity contribution in [2.45, 2.75) is 32.1 Å². The van der Waals surface area contributed by atoms with E-state index in [1.165, 1.54) is 12.8 Å². The van der Waals surface area contributed by atoms with Crippen LogP contribution in [0.25, 0.3) is 0 Å². The summed E-state index contributed by atoms with van der Waals surface area (Å²) in [6.07, 6.45) is 4.92. The third-order valence-electron chi connectivity index (χ3n) is 4.51. The van der Waals surface area contributed by atoms with Crippen LogP contribution >= 0.6 is 15.9 Å². The van der Waals surface area contributed by atoms with Crippen molar-refractivity contribution in [2.75, 3.05) is 24.5 Å². The molecule has 0 aromatic heterocycles. The SMILES string of the molecule is O=C(C1CC(=O)N(c2cccc(Br)c2)C1)N1CCCCCC1. The Morgan fingerprint density at radius 1 is 1.14 bits per heavy atom. The Hall–Kier alpha value is -1.36. The van der Waals surface area contributed by atoms with Crippen LogP contribution in [0.4, 0.5) is 5.69 Å². The number of benzene rings is 1. The zero-order valence-corrected chi connectivity index (χ0v) is 14.2. The van der Waals surface area contributed by atoms with E-state index in [1.54, 1.807) is 4.90 Å². The number of likely N-dealkylation sites (tertiary alicyclic amines) is 1. The fourth-order valence-electron chi connectivity index (χ4n) is 3.32. The molecular formula is C17H21BrN2O2. The Labute approximate surface area is 139 Å². The second-order valence-electron chi connectivity index (χ2n) is 6.12. The van der Waals surface area contributed by atoms with Gasteiger partial charge < -0.3 is 9.80 Å². The molecule has 118 valence electrons. The maximum absolute atomic E-state index is 12.7. The predicted molar refractivity (Wildman–Crippen MR) is 89.7 cm³/mol. The van der Waals surface area contributed by atoms with Crippen molar-refractivity contribution in [3.63, 3.8) is 0 Å². The minimum absolute atomic E-state index is 0.0475. The predicted octanol–water partition coefficient (Wildman–Crippen LogP) is 3.20. The first-order valence-corrected chi connectivity index (χ1v) is 8.79. The molecule has 2 saturated heterocycles. The highest BCUT2D eigenvalue weighted by Gasteiger charge is 2.37. The number of carbonyl (C=O) groups is 2. The van der Waals surface area contributed by atoms with Gasteiger partial charge in [0.05, 0.1) is 5.92 Å². The maximum atomic E-state index is 12.7. The molecular weight excluding hydrogens is 344 g/mol. The molecule has 1 unspecified atom stereocenters. The van der Waals surface area contributed by atoms with Crippen LogP contribution in [-0.4, -0.2) is 36.3 Å². The lowest BCUT2D eigenvalue weighted by atomic mass is 10.1. The molecule has 3 rings (SSSR count). The number of halogens is 1. The van der Waals surface area contributed by atoms with Crippen LogP contribution in [0.1, 0.15) is 32.1 Å². The maximum Gasteiger partial charge on any atom is 0.228 e. The summed E-state index contributed by atoms with van der Waals surface area (Å²) >= 11 is 3.43. The smallest absolute Gasteiger partial charge is 0.228 e. The van der Waals surface area contributed by atoms with Gasteiger partial charge >= 0.3 is 0 Å². The zero-order valence-electron chi connectivity index (χ0n) is 12.6. The van der Waals surface area contributed by atoms with Crippen molar-refractivity contribution in [1.29, 1.82) is 0 Å². The van der Waals surface area contributed by atoms with Crippen LogP contribution in [0.5, 0.6) is 0 Å². The van der Waals surface area contributed by atoms with Crippen molar-refractivity contribution in [3.05, 3.63) is 28.7 Å². The van der Waals surface area contributed by atoms with Gasteiger partial charge in [-0.25, -0.2) is 0 Å². The van der Waals surface area contributed by atoms with Gasteiger partial charge in [-0.15, -0.1) is 0 Å². The number of hydrogen-bond donors (Lipinski definition) is 0. The van der Waals surface area contributed by atoms with Crippen LogP contribution in [-0.2, 0) is 9.59 Å². The second kappa shape index (κ2) is 6.82. The van der Waals surface area contributed by atoms with Crippen LogP contribution in [0.15, 0.2) is 28.7 Å². The lowest BCUT2D eigenvalue weighted by molar-refractivity contribution is -0.135. The minimum atomic E-state index is -0.190. The fourth-order valence-corrected chi connectivity index (χ4v) is 3.70. The Morgan fingerprint density at radius 2 is 1.86 bits per heavy atom. The summed E-state index contributed by atoms with van der Waals surface area (Å²) in [5.41, 5.74) is 0.866. The summed E-state index contributed by atoms with van der Waals surface area (Å²) in [6, 6.07) is 7.69. The zero-order chi connectivity index (χ0) is 15.5. The lowest BCUT2D eigenvalue weighted by Gasteiger charge is -2.24. The number of nitrogens with zero attached hydrogens (tertiary/aromatic N) is 2. The summed E-state index contributed by atoms with van der Waals surface area (Å²) in [5.74, 6) is 0.0172. The third kappa shape index (κ3) is 3.35. The Kier molecular flexibility index (Phi) is 4.81. The number of amides is 2. The minimum Gasteiger partial charge on any atom is -0.342 e. The number of hydrogen-bond acceptors (Lipinski definition) is 2. The van der Waals surface area contributed by atoms with E-state index < -0.39 is 0 Å². The van der Waals surface area contributed by atoms with E-state index in [9.17, 15) is 9.59 Å². The highest BCUT2D eigenvalue weighted by atomic mass is 79.9. The number of anilines is 1. The molecule has 1 atom stereocenters. The molecule has 0 spiro atoms. The summed E-state index contributed by atoms with van der Waals surface area (Å²) < 4.78 is 0.945. The molecule has 0 bridgehead atoms. The molecule has 2 fully saturated rings. The lowest BCUT2D eigenvalue weighted by Crippen LogP contribution is -2.38. The molecule has 22 heavy (non-hydrogen) atoms. The number of rotatable bonds is 2. The van der Waals surface area contributed by atoms with Crippen molar-refractivity contribution >= 4 is 33.4 Å². The van der Waals surface area contributed by atoms with Gasteiger partial charge in [-0.1, -0.05) is 34.8 Å². The molecule has 2 aliphatic rings. The Balaban J connectivity index is 1.69. The fraction of sp³-hybridized carbons (Fsp3) is 0.529. The van der Waals surface area contributed by atoms with Gasteiger partial charge in [-0.05, 0) is 31.0 Å². The van der Waals surface area contributed by atoms with Crippen LogP contribution in [0.2, 0.25) is 0 Å². The molecule has 1 aromatic carbocycles. The molecule has 2 amide bonds. The van der Waals surface area contributed by atoms with Gasteiger partial charge in [0.2, 0.25) is 11.8 Å². The summed E-state index contributed by atoms with van der Waals surface area (Å²) in [6.45, 7) is 2.20. The topological polar surface area (TPSA) is 40.6 Å². The average Bonchev–Trinajstić information content (AvgIpc) is 2.73. The summed E-state index contributed by atoms with van der Waals surface area (Å²) in [5, 5.41) is 0. The van der Waals surface area contributed by atoms with E-state index in [0.29, 0.717) is 13.0 Å². The monoisotopic (exact) mass is 364 g/mol. The quantitative estimate of drug-likeness (QED) is 0.808. The molecule has 2 heterocycles. The van der Waals surface area contributed by atoms with E-state index in [4.69, 9.17) is 0 Å². The summed E-state index contributed by atoms with van der Waals surface area (Å²) in [4.78, 5) is 28.7. The van der Waals surface area contributed by atoms with E-state index >= 15 is 0 Å². The molecule has 4 nitrogen and oxygen atoms in total. The third-order valence-corrected chi connectivity index (χ3v) is 5.01. The molecule has 0 saturated carbocycles. The van der Waals surface area contributed by atoms with Crippen molar-refractivity contribution in [2.24, 2.45) is 5.92 Å². The van der Waals surface area contributed by atoms with E-state index in [2.05, 4.69) is 15.9 Å². The molecule has 0 aliphatic carbocycles. The number of carbonyl (C=O) groups excluding carboxylic acids is 2. The van der Waals surface area contributed by atoms with Crippen LogP contribution in [0, 0.1) is 5.92 Å². The van der Waals surface area contributed by atoms with Crippen molar-refractivity contribution in [3.8, 4) is 0 Å². The molecule has 1 aromatic rings. The van der Waals surface area contributed by atoms with Gasteiger partial charge in [-0.3, -0.25) is 9.59 Å². The largest absolute Gasteiger partial charge is 0.342 e. The van der Waals surface area contributed by atoms with E-state index in [-0.39, 0.29) is 17.7 Å². The first-order valence-electron chi connectivity index (χ1n) is 8.00. The van der Waals surface area contributed by atoms with Gasteiger partial charge in [0.1, 0.15) is 0 Å². The average molecular weight is 365 g/mol. The highest BCUT2D eigenvalue weighted by molar-refractivity contribution is 9.10. The summed E-state index contributed by atoms with van der Waals surface area (Å²) in [7, 11) is 0. The van der Waals surface area contributed by atoms with Gasteiger partial charge in [0.15, 0.2) is 0 Å². The molecule has 0 radical (unpaired) electrons. The molecule has 0 N–H and O–H groups in total. The van der Waals surface area contributed by atoms with Crippen LogP contribution < -0.4 is 4.90 Å². The normalized spacial score (nSPS) is 22.8. The highest BCUT2D eigenvalue weighted by Crippen LogP contribution is 2.28. The van der Waals surface area contributed by atoms with E-state index in [1.807, 2.05) is 29.2 Å². The first-order chi connectivity index (χ1) is 10.6. The standard InChI is InChI=1S/C17H21BrN2O2/c18-14-6-5-7-15(11-14)20-12-13(10-16(20)21)17(22)19-8-3-1-2-4-9-19/h5-7,11,13H,1-4,8-10,12H2. The van der Waals surface area contributed by atoms with Gasteiger partial charge in [-0.2, -0.15) is 0 Å². The van der Waals surface area contributed by atoms with Crippen molar-refractivity contribution < 1.29 is 9.59 Å². The Morgan fingerprint density at radius 3 is 2.55 bits per heavy atom. The Bertz CT molecular complexity index is 568. The van der Waals surface area contributed by atoms with Crippen molar-refractivity contribution in [1.82, 2.24) is 4.90 Å².